The van der Waals surface area contributed by atoms with Gasteiger partial charge in [0.15, 0.2) is 11.6 Å². The van der Waals surface area contributed by atoms with E-state index < -0.39 is 41.0 Å². The van der Waals surface area contributed by atoms with Crippen molar-refractivity contribution in [1.82, 2.24) is 14.7 Å². The molecule has 0 spiro atoms. The Kier molecular flexibility index (Phi) is 4.87. The second-order valence-electron chi connectivity index (χ2n) is 8.27. The highest BCUT2D eigenvalue weighted by molar-refractivity contribution is 5.95. The first kappa shape index (κ1) is 20.5. The van der Waals surface area contributed by atoms with Gasteiger partial charge in [0.2, 0.25) is 5.43 Å². The number of aromatic nitrogens is 2. The van der Waals surface area contributed by atoms with E-state index in [9.17, 15) is 14.0 Å². The van der Waals surface area contributed by atoms with Crippen molar-refractivity contribution in [3.05, 3.63) is 98.7 Å². The molecule has 5 rings (SSSR count). The Labute approximate surface area is 182 Å². The van der Waals surface area contributed by atoms with E-state index in [0.29, 0.717) is 24.9 Å². The number of benzene rings is 2. The van der Waals surface area contributed by atoms with Crippen LogP contribution in [-0.2, 0) is 0 Å². The van der Waals surface area contributed by atoms with Crippen molar-refractivity contribution in [1.29, 1.82) is 0 Å². The van der Waals surface area contributed by atoms with E-state index >= 15 is 8.78 Å². The summed E-state index contributed by atoms with van der Waals surface area (Å²) in [7, 11) is 0. The summed E-state index contributed by atoms with van der Waals surface area (Å²) in [5.74, 6) is -4.59. The molecule has 8 heteroatoms. The van der Waals surface area contributed by atoms with Crippen LogP contribution in [0.3, 0.4) is 0 Å². The van der Waals surface area contributed by atoms with Gasteiger partial charge in [-0.2, -0.15) is 5.10 Å². The molecule has 1 aromatic heterocycles. The molecule has 0 radical (unpaired) electrons. The van der Waals surface area contributed by atoms with Gasteiger partial charge in [-0.15, -0.1) is 0 Å². The molecule has 1 fully saturated rings. The van der Waals surface area contributed by atoms with Gasteiger partial charge >= 0.3 is 0 Å². The third-order valence-corrected chi connectivity index (χ3v) is 6.58. The Bertz CT molecular complexity index is 1280. The fourth-order valence-electron chi connectivity index (χ4n) is 5.13. The lowest BCUT2D eigenvalue weighted by atomic mass is 9.79. The van der Waals surface area contributed by atoms with Crippen molar-refractivity contribution >= 4 is 5.91 Å². The number of carbonyl (C=O) groups excluding carboxylic acids is 1. The summed E-state index contributed by atoms with van der Waals surface area (Å²) in [4.78, 5) is 27.2. The van der Waals surface area contributed by atoms with Crippen molar-refractivity contribution in [2.75, 3.05) is 6.54 Å². The predicted molar refractivity (Wildman–Crippen MR) is 111 cm³/mol. The minimum atomic E-state index is -1.26. The van der Waals surface area contributed by atoms with Crippen molar-refractivity contribution in [2.45, 2.75) is 37.8 Å². The Morgan fingerprint density at radius 1 is 1.03 bits per heavy atom. The van der Waals surface area contributed by atoms with Crippen molar-refractivity contribution in [2.24, 2.45) is 0 Å². The smallest absolute Gasteiger partial charge is 0.272 e. The lowest BCUT2D eigenvalue weighted by molar-refractivity contribution is 0.0568. The minimum absolute atomic E-state index is 0.110. The number of rotatable bonds is 3. The van der Waals surface area contributed by atoms with Gasteiger partial charge < -0.3 is 4.90 Å². The van der Waals surface area contributed by atoms with E-state index in [1.165, 1.54) is 4.68 Å². The molecule has 0 bridgehead atoms. The molecule has 2 aromatic carbocycles. The maximum absolute atomic E-state index is 15.1. The number of halogens is 3. The van der Waals surface area contributed by atoms with Gasteiger partial charge in [0.05, 0.1) is 18.3 Å². The third kappa shape index (κ3) is 2.97. The molecular formula is C24H20F3N3O2. The molecule has 5 nitrogen and oxygen atoms in total. The Morgan fingerprint density at radius 3 is 2.50 bits per heavy atom. The van der Waals surface area contributed by atoms with Crippen molar-refractivity contribution < 1.29 is 18.0 Å². The van der Waals surface area contributed by atoms with Crippen LogP contribution in [0.15, 0.2) is 53.5 Å². The summed E-state index contributed by atoms with van der Waals surface area (Å²) in [6.45, 7) is 2.01. The normalized spacial score (nSPS) is 20.8. The number of nitrogens with zero attached hydrogens (tertiary/aromatic N) is 3. The zero-order valence-electron chi connectivity index (χ0n) is 17.3. The Morgan fingerprint density at radius 2 is 1.75 bits per heavy atom. The van der Waals surface area contributed by atoms with Gasteiger partial charge in [-0.05, 0) is 37.5 Å². The number of hydrogen-bond acceptors (Lipinski definition) is 3. The van der Waals surface area contributed by atoms with Crippen LogP contribution in [0, 0.1) is 24.4 Å². The average Bonchev–Trinajstić information content (AvgIpc) is 3.28. The number of hydrogen-bond donors (Lipinski definition) is 0. The van der Waals surface area contributed by atoms with E-state index in [2.05, 4.69) is 5.10 Å². The molecule has 0 aliphatic carbocycles. The highest BCUT2D eigenvalue weighted by Crippen LogP contribution is 2.46. The first-order valence-corrected chi connectivity index (χ1v) is 10.5. The van der Waals surface area contributed by atoms with Crippen molar-refractivity contribution in [3.63, 3.8) is 0 Å². The van der Waals surface area contributed by atoms with Gasteiger partial charge in [0, 0.05) is 23.6 Å². The summed E-state index contributed by atoms with van der Waals surface area (Å²) in [5.41, 5.74) is 0.101. The van der Waals surface area contributed by atoms with Crippen LogP contribution in [0.25, 0.3) is 0 Å². The van der Waals surface area contributed by atoms with Crippen LogP contribution in [0.5, 0.6) is 0 Å². The zero-order valence-corrected chi connectivity index (χ0v) is 17.3. The maximum Gasteiger partial charge on any atom is 0.272 e. The second kappa shape index (κ2) is 7.62. The lowest BCUT2D eigenvalue weighted by Crippen LogP contribution is -2.51. The fourth-order valence-corrected chi connectivity index (χ4v) is 5.13. The summed E-state index contributed by atoms with van der Waals surface area (Å²) in [6.07, 6.45) is 2.43. The van der Waals surface area contributed by atoms with E-state index in [1.807, 2.05) is 0 Å². The molecule has 1 amide bonds. The monoisotopic (exact) mass is 439 g/mol. The van der Waals surface area contributed by atoms with Crippen LogP contribution in [0.2, 0.25) is 0 Å². The summed E-state index contributed by atoms with van der Waals surface area (Å²) >= 11 is 0. The second-order valence-corrected chi connectivity index (χ2v) is 8.27. The van der Waals surface area contributed by atoms with Crippen LogP contribution in [0.1, 0.15) is 52.0 Å². The van der Waals surface area contributed by atoms with Crippen LogP contribution < -0.4 is 5.43 Å². The standard InChI is InChI=1S/C24H20F3N3O2/c1-13-18(31)12-28-30-22(13)24(32)29-11-5-8-17(29)23(30)19(14-6-3-2-4-7-14)20-15(25)9-10-16(26)21(20)27/h2-4,6-7,9-10,12,17,19,23H,5,8,11H2,1H3/t17-,19-,23-/m1/s1. The van der Waals surface area contributed by atoms with E-state index in [0.717, 1.165) is 18.3 Å². The molecular weight excluding hydrogens is 419 g/mol. The largest absolute Gasteiger partial charge is 0.332 e. The highest BCUT2D eigenvalue weighted by Gasteiger charge is 2.48. The molecule has 2 aliphatic rings. The number of carbonyl (C=O) groups is 1. The van der Waals surface area contributed by atoms with Gasteiger partial charge in [-0.25, -0.2) is 13.2 Å². The molecule has 3 atom stereocenters. The summed E-state index contributed by atoms with van der Waals surface area (Å²) in [5, 5.41) is 4.24. The fraction of sp³-hybridized carbons (Fsp3) is 0.292. The molecule has 2 aliphatic heterocycles. The van der Waals surface area contributed by atoms with Crippen LogP contribution in [0.4, 0.5) is 13.2 Å². The highest BCUT2D eigenvalue weighted by atomic mass is 19.2. The molecule has 0 saturated carbocycles. The quantitative estimate of drug-likeness (QED) is 0.581. The Balaban J connectivity index is 1.84. The summed E-state index contributed by atoms with van der Waals surface area (Å²) in [6, 6.07) is 9.24. The van der Waals surface area contributed by atoms with Gasteiger partial charge in [-0.1, -0.05) is 30.3 Å². The lowest BCUT2D eigenvalue weighted by Gasteiger charge is -2.43. The van der Waals surface area contributed by atoms with Crippen LogP contribution >= 0.6 is 0 Å². The predicted octanol–water partition coefficient (Wildman–Crippen LogP) is 3.96. The average molecular weight is 439 g/mol. The molecule has 3 heterocycles. The molecule has 3 aromatic rings. The maximum atomic E-state index is 15.1. The van der Waals surface area contributed by atoms with Gasteiger partial charge in [-0.3, -0.25) is 14.3 Å². The zero-order chi connectivity index (χ0) is 22.6. The molecule has 1 saturated heterocycles. The molecule has 32 heavy (non-hydrogen) atoms. The van der Waals surface area contributed by atoms with E-state index in [4.69, 9.17) is 0 Å². The third-order valence-electron chi connectivity index (χ3n) is 6.58. The van der Waals surface area contributed by atoms with Gasteiger partial charge in [0.1, 0.15) is 11.5 Å². The molecule has 0 unspecified atom stereocenters. The van der Waals surface area contributed by atoms with Crippen LogP contribution in [-0.4, -0.2) is 33.2 Å². The number of fused-ring (bicyclic) bond motifs is 2. The van der Waals surface area contributed by atoms with E-state index in [-0.39, 0.29) is 22.6 Å². The summed E-state index contributed by atoms with van der Waals surface area (Å²) < 4.78 is 45.9. The minimum Gasteiger partial charge on any atom is -0.332 e. The van der Waals surface area contributed by atoms with E-state index in [1.54, 1.807) is 42.2 Å². The molecule has 0 N–H and O–H groups in total. The topological polar surface area (TPSA) is 55.2 Å². The first-order valence-electron chi connectivity index (χ1n) is 10.5. The first-order chi connectivity index (χ1) is 15.4. The Hall–Kier alpha value is -3.42. The SMILES string of the molecule is Cc1c2n(ncc1=O)[C@@H]([C@H](c1ccccc1)c1c(F)ccc(F)c1F)[C@H]1CCCN1C2=O. The van der Waals surface area contributed by atoms with Gasteiger partial charge in [0.25, 0.3) is 5.91 Å². The molecule has 164 valence electrons. The van der Waals surface area contributed by atoms with Crippen molar-refractivity contribution in [3.8, 4) is 0 Å². The number of amides is 1.